The number of benzene rings is 7. The Morgan fingerprint density at radius 3 is 1.18 bits per heavy atom. The number of para-hydroxylation sites is 3. The van der Waals surface area contributed by atoms with E-state index >= 15 is 0 Å². The summed E-state index contributed by atoms with van der Waals surface area (Å²) in [7, 11) is -12.1. The highest BCUT2D eigenvalue weighted by molar-refractivity contribution is 7.92. The molecule has 0 aliphatic carbocycles. The summed E-state index contributed by atoms with van der Waals surface area (Å²) in [4.78, 5) is 165. The normalized spacial score (nSPS) is 11.4. The average Bonchev–Trinajstić information content (AvgIpc) is 1.70. The van der Waals surface area contributed by atoms with E-state index in [0.717, 1.165) is 82.9 Å². The third kappa shape index (κ3) is 24.7. The average molecular weight is 1860 g/mol. The van der Waals surface area contributed by atoms with Crippen molar-refractivity contribution in [1.82, 2.24) is 99.0 Å². The van der Waals surface area contributed by atoms with Crippen LogP contribution in [0.1, 0.15) is 40.0 Å². The Labute approximate surface area is 734 Å². The Morgan fingerprint density at radius 1 is 0.445 bits per heavy atom. The van der Waals surface area contributed by atoms with Crippen molar-refractivity contribution in [2.24, 2.45) is 0 Å². The maximum absolute atomic E-state index is 13.2. The predicted molar refractivity (Wildman–Crippen MR) is 463 cm³/mol. The highest BCUT2D eigenvalue weighted by atomic mass is 32.3. The van der Waals surface area contributed by atoms with Crippen molar-refractivity contribution in [2.45, 2.75) is 51.8 Å². The molecule has 7 aromatic heterocycles. The van der Waals surface area contributed by atoms with E-state index in [0.29, 0.717) is 40.7 Å². The van der Waals surface area contributed by atoms with Gasteiger partial charge in [0.1, 0.15) is 31.8 Å². The van der Waals surface area contributed by atoms with Crippen LogP contribution in [0.3, 0.4) is 0 Å². The number of nitrogens with zero attached hydrogens (tertiary/aromatic N) is 13. The van der Waals surface area contributed by atoms with Crippen molar-refractivity contribution in [1.29, 1.82) is 0 Å². The number of carbonyl (C=O) groups is 8. The summed E-state index contributed by atoms with van der Waals surface area (Å²) >= 11 is 2.91. The molecule has 128 heavy (non-hydrogen) atoms. The zero-order valence-electron chi connectivity index (χ0n) is 66.2. The number of hydrogen-bond donors (Lipinski definition) is 12. The smallest absolute Gasteiger partial charge is 0.423 e. The van der Waals surface area contributed by atoms with Crippen LogP contribution in [0.2, 0.25) is 0 Å². The summed E-state index contributed by atoms with van der Waals surface area (Å²) < 4.78 is 99.1. The molecule has 0 radical (unpaired) electrons. The number of aromatic nitrogens is 11. The van der Waals surface area contributed by atoms with Gasteiger partial charge in [-0.05, 0) is 71.6 Å². The summed E-state index contributed by atoms with van der Waals surface area (Å²) in [5.74, 6) is -2.61. The summed E-state index contributed by atoms with van der Waals surface area (Å²) in [5, 5.41) is 34.6. The van der Waals surface area contributed by atoms with Crippen molar-refractivity contribution in [3.8, 4) is 0 Å². The van der Waals surface area contributed by atoms with E-state index in [1.54, 1.807) is 72.8 Å². The molecule has 50 heteroatoms. The number of fused-ring (bicyclic) bond motifs is 4. The fraction of sp³-hybridized carbons (Fsp3) is 0.154. The van der Waals surface area contributed by atoms with Gasteiger partial charge in [0.05, 0.1) is 56.6 Å². The third-order valence-corrected chi connectivity index (χ3v) is 26.3. The number of rotatable bonds is 29. The number of anilines is 2. The number of hydrazine groups is 3. The van der Waals surface area contributed by atoms with Gasteiger partial charge in [-0.2, -0.15) is 4.98 Å². The molecule has 0 bridgehead atoms. The summed E-state index contributed by atoms with van der Waals surface area (Å²) in [6, 6.07) is 58.5. The number of sulfonamides is 3. The van der Waals surface area contributed by atoms with Gasteiger partial charge >= 0.3 is 41.8 Å². The molecule has 0 saturated heterocycles. The van der Waals surface area contributed by atoms with E-state index in [-0.39, 0.29) is 74.1 Å². The van der Waals surface area contributed by atoms with Crippen molar-refractivity contribution < 1.29 is 88.4 Å². The minimum atomic E-state index is -4.06. The molecule has 662 valence electrons. The van der Waals surface area contributed by atoms with Gasteiger partial charge in [-0.15, -0.1) is 34.0 Å². The minimum Gasteiger partial charge on any atom is -0.464 e. The summed E-state index contributed by atoms with van der Waals surface area (Å²) in [6.07, 6.45) is -3.04. The molecule has 0 unspecified atom stereocenters. The topological polar surface area (TPSA) is 596 Å². The Morgan fingerprint density at radius 2 is 0.805 bits per heavy atom. The highest BCUT2D eigenvalue weighted by Crippen LogP contribution is 2.31. The van der Waals surface area contributed by atoms with E-state index < -0.39 is 134 Å². The number of ether oxygens (including phenoxy) is 2. The number of amides is 8. The SMILES string of the molecule is Cc1cn(CC(=O)N(CCNS(=O)(=O)c2nc3ccccc3s2)NC(=O)O)c(=O)[nH]c1=O.O=C(O)NN(CCNS(=O)(=O)c1nc2ccccc2s1)C(=O)Cn1ccc(NC(=O)OC(c2ccccc2)c2ccccc2)nc1=O.O=C(O)NN(CCNS(=O)(=O)c1nc2ccccc2s1)C(=O)Cn1cnc2c(NC(=O)OC(c3ccccc3)c3ccccc3)ncnc21. The lowest BCUT2D eigenvalue weighted by Crippen LogP contribution is -2.50. The number of thiazole rings is 3. The molecular formula is C78H72N22O22S6. The van der Waals surface area contributed by atoms with Crippen LogP contribution in [-0.2, 0) is 73.6 Å². The number of hydrogen-bond acceptors (Lipinski definition) is 29. The molecule has 0 atom stereocenters. The lowest BCUT2D eigenvalue weighted by Gasteiger charge is -2.22. The quantitative estimate of drug-likeness (QED) is 0.0226. The Kier molecular flexibility index (Phi) is 30.2. The van der Waals surface area contributed by atoms with Crippen LogP contribution in [0.5, 0.6) is 0 Å². The van der Waals surface area contributed by atoms with Crippen LogP contribution >= 0.6 is 34.0 Å². The van der Waals surface area contributed by atoms with Gasteiger partial charge in [0.2, 0.25) is 13.0 Å². The highest BCUT2D eigenvalue weighted by Gasteiger charge is 2.29. The first-order valence-electron chi connectivity index (χ1n) is 37.5. The van der Waals surface area contributed by atoms with E-state index in [9.17, 15) is 88.2 Å². The van der Waals surface area contributed by atoms with Crippen LogP contribution in [0, 0.1) is 6.92 Å². The number of aryl methyl sites for hydroxylation is 1. The number of aromatic amines is 1. The molecule has 44 nitrogen and oxygen atoms in total. The molecule has 0 saturated carbocycles. The van der Waals surface area contributed by atoms with Gasteiger partial charge in [0.15, 0.2) is 29.2 Å². The minimum absolute atomic E-state index is 0.0193. The predicted octanol–water partition coefficient (Wildman–Crippen LogP) is 6.39. The Balaban J connectivity index is 0.000000178. The van der Waals surface area contributed by atoms with Crippen molar-refractivity contribution >= 4 is 166 Å². The van der Waals surface area contributed by atoms with Crippen LogP contribution in [0.15, 0.2) is 253 Å². The van der Waals surface area contributed by atoms with Gasteiger partial charge in [0.25, 0.3) is 53.4 Å². The molecule has 14 aromatic rings. The van der Waals surface area contributed by atoms with E-state index in [2.05, 4.69) is 59.7 Å². The molecule has 0 fully saturated rings. The molecule has 14 rings (SSSR count). The zero-order valence-corrected chi connectivity index (χ0v) is 71.1. The second-order valence-corrected chi connectivity index (χ2v) is 35.5. The van der Waals surface area contributed by atoms with Crippen molar-refractivity contribution in [3.63, 3.8) is 0 Å². The van der Waals surface area contributed by atoms with Crippen LogP contribution in [0.4, 0.5) is 35.6 Å². The van der Waals surface area contributed by atoms with E-state index in [4.69, 9.17) is 14.6 Å². The molecule has 12 N–H and O–H groups in total. The maximum atomic E-state index is 13.2. The standard InChI is InChI=1S/C31H27N9O7S2.C30H27N7O8S2.C17H18N6O7S2/c41-24(40(38-29(42)43)16-15-35-49(45,46)31-36-22-13-7-8-14-23(22)48-31)17-39-19-34-25-27(32-18-33-28(25)39)37-30(44)47-26(20-9-3-1-4-10-20)21-11-5-2-6-12-21;38-25(37(35-28(40)41)18-16-31-47(43,44)30-32-22-13-7-8-14-23(22)46-30)19-36-17-15-24(33-27(36)39)34-29(42)45-26(20-9-3-1-4-10-20)21-11-5-2-6-12-21;1-10-8-22(15(26)20-14(10)25)9-13(24)23(21-16(27)28)7-6-18-32(29,30)17-19-11-4-2-3-5-12(11)31-17/h1-14,18-19,26,35,38H,15-17H2,(H,42,43)(H,32,33,37,44);1-15,17,26,31,35H,16,18-19H2,(H,40,41)(H,33,34,39,42);2-5,8,18,21H,6-7,9H2,1H3,(H,27,28)(H,20,25,26). The van der Waals surface area contributed by atoms with Crippen LogP contribution in [-0.4, -0.2) is 197 Å². The Hall–Kier alpha value is -15.2. The molecule has 0 aliphatic heterocycles. The molecule has 7 heterocycles. The number of nitrogens with one attached hydrogen (secondary N) is 9. The van der Waals surface area contributed by atoms with Gasteiger partial charge in [0, 0.05) is 37.6 Å². The molecule has 0 aliphatic rings. The van der Waals surface area contributed by atoms with Crippen molar-refractivity contribution in [2.75, 3.05) is 49.9 Å². The molecule has 7 aromatic carbocycles. The van der Waals surface area contributed by atoms with Gasteiger partial charge in [-0.1, -0.05) is 158 Å². The first-order valence-corrected chi connectivity index (χ1v) is 44.4. The van der Waals surface area contributed by atoms with Crippen LogP contribution in [0.25, 0.3) is 41.8 Å². The molecule has 0 spiro atoms. The molecular weight excluding hydrogens is 1790 g/mol. The van der Waals surface area contributed by atoms with Crippen LogP contribution < -0.4 is 58.0 Å². The number of carboxylic acid groups (broad SMARTS) is 3. The van der Waals surface area contributed by atoms with Gasteiger partial charge in [-0.25, -0.2) is 134 Å². The second kappa shape index (κ2) is 42.0. The first-order chi connectivity index (χ1) is 61.3. The summed E-state index contributed by atoms with van der Waals surface area (Å²) in [5.41, 5.74) is 8.33. The fourth-order valence-corrected chi connectivity index (χ4v) is 18.7. The van der Waals surface area contributed by atoms with E-state index in [1.807, 2.05) is 143 Å². The Bertz CT molecular complexity index is 6790. The monoisotopic (exact) mass is 1860 g/mol. The lowest BCUT2D eigenvalue weighted by molar-refractivity contribution is -0.135. The maximum Gasteiger partial charge on any atom is 0.423 e. The fourth-order valence-electron chi connectivity index (χ4n) is 11.8. The van der Waals surface area contributed by atoms with Gasteiger partial charge in [-0.3, -0.25) is 43.9 Å². The lowest BCUT2D eigenvalue weighted by atomic mass is 10.0. The first kappa shape index (κ1) is 92.0. The molecule has 8 amide bonds. The van der Waals surface area contributed by atoms with E-state index in [1.165, 1.54) is 30.1 Å². The number of H-pyrrole nitrogens is 1. The summed E-state index contributed by atoms with van der Waals surface area (Å²) in [6.45, 7) is -2.37. The third-order valence-electron chi connectivity index (χ3n) is 17.7. The number of carbonyl (C=O) groups excluding carboxylic acids is 5. The number of imidazole rings is 1. The zero-order chi connectivity index (χ0) is 91.2. The second-order valence-electron chi connectivity index (χ2n) is 26.6. The van der Waals surface area contributed by atoms with Crippen molar-refractivity contribution in [3.05, 3.63) is 284 Å². The largest absolute Gasteiger partial charge is 0.464 e. The van der Waals surface area contributed by atoms with Gasteiger partial charge < -0.3 is 29.4 Å².